The molecule has 0 saturated carbocycles. The quantitative estimate of drug-likeness (QED) is 0.815. The lowest BCUT2D eigenvalue weighted by atomic mass is 10.3. The number of halogens is 3. The van der Waals surface area contributed by atoms with Gasteiger partial charge in [0, 0.05) is 8.95 Å². The third-order valence-electron chi connectivity index (χ3n) is 1.55. The average molecular weight is 341 g/mol. The second-order valence-electron chi connectivity index (χ2n) is 2.73. The molecule has 0 aromatic heterocycles. The number of anilines is 1. The van der Waals surface area contributed by atoms with Gasteiger partial charge in [-0.15, -0.1) is 11.6 Å². The Morgan fingerprint density at radius 3 is 2.64 bits per heavy atom. The predicted molar refractivity (Wildman–Crippen MR) is 65.8 cm³/mol. The van der Waals surface area contributed by atoms with E-state index < -0.39 is 5.38 Å². The fraction of sp³-hybridized carbons (Fsp3) is 0.222. The maximum atomic E-state index is 11.3. The summed E-state index contributed by atoms with van der Waals surface area (Å²) in [4.78, 5) is 11.3. The van der Waals surface area contributed by atoms with Gasteiger partial charge < -0.3 is 5.32 Å². The highest BCUT2D eigenvalue weighted by molar-refractivity contribution is 9.11. The minimum Gasteiger partial charge on any atom is -0.324 e. The summed E-state index contributed by atoms with van der Waals surface area (Å²) in [6.45, 7) is 1.63. The zero-order valence-electron chi connectivity index (χ0n) is 7.35. The van der Waals surface area contributed by atoms with E-state index in [1.807, 2.05) is 12.1 Å². The topological polar surface area (TPSA) is 29.1 Å². The fourth-order valence-electron chi connectivity index (χ4n) is 0.823. The van der Waals surface area contributed by atoms with E-state index in [4.69, 9.17) is 11.6 Å². The number of nitrogens with one attached hydrogen (secondary N) is 1. The van der Waals surface area contributed by atoms with E-state index in [-0.39, 0.29) is 5.91 Å². The van der Waals surface area contributed by atoms with Gasteiger partial charge in [-0.25, -0.2) is 0 Å². The van der Waals surface area contributed by atoms with Gasteiger partial charge in [0.1, 0.15) is 5.38 Å². The summed E-state index contributed by atoms with van der Waals surface area (Å²) in [5.74, 6) is -0.213. The molecule has 1 unspecified atom stereocenters. The molecule has 1 aromatic rings. The molecule has 0 aliphatic heterocycles. The lowest BCUT2D eigenvalue weighted by Crippen LogP contribution is -2.20. The number of rotatable bonds is 2. The van der Waals surface area contributed by atoms with Gasteiger partial charge >= 0.3 is 0 Å². The molecule has 1 N–H and O–H groups in total. The van der Waals surface area contributed by atoms with E-state index in [9.17, 15) is 4.79 Å². The SMILES string of the molecule is CC(Cl)C(=O)Nc1ccc(Br)cc1Br. The fourth-order valence-corrected chi connectivity index (χ4v) is 2.02. The van der Waals surface area contributed by atoms with Crippen molar-refractivity contribution >= 4 is 55.1 Å². The van der Waals surface area contributed by atoms with Crippen LogP contribution in [0.3, 0.4) is 0 Å². The minimum atomic E-state index is -0.537. The highest BCUT2D eigenvalue weighted by Crippen LogP contribution is 2.26. The Bertz CT molecular complexity index is 355. The molecule has 0 aliphatic carbocycles. The van der Waals surface area contributed by atoms with Crippen LogP contribution in [0.15, 0.2) is 27.1 Å². The first kappa shape index (κ1) is 12.0. The van der Waals surface area contributed by atoms with Crippen molar-refractivity contribution < 1.29 is 4.79 Å². The maximum absolute atomic E-state index is 11.3. The number of alkyl halides is 1. The molecule has 2 nitrogen and oxygen atoms in total. The van der Waals surface area contributed by atoms with Crippen molar-refractivity contribution in [3.8, 4) is 0 Å². The standard InChI is InChI=1S/C9H8Br2ClNO/c1-5(12)9(14)13-8-3-2-6(10)4-7(8)11/h2-5H,1H3,(H,13,14). The predicted octanol–water partition coefficient (Wildman–Crippen LogP) is 3.78. The molecule has 0 saturated heterocycles. The second kappa shape index (κ2) is 5.14. The molecule has 1 atom stereocenters. The first-order valence-electron chi connectivity index (χ1n) is 3.90. The number of carbonyl (C=O) groups is 1. The van der Waals surface area contributed by atoms with Crippen LogP contribution in [0.5, 0.6) is 0 Å². The largest absolute Gasteiger partial charge is 0.324 e. The number of amides is 1. The van der Waals surface area contributed by atoms with Crippen LogP contribution in [0.4, 0.5) is 5.69 Å². The smallest absolute Gasteiger partial charge is 0.242 e. The van der Waals surface area contributed by atoms with Crippen molar-refractivity contribution in [3.05, 3.63) is 27.1 Å². The molecular formula is C9H8Br2ClNO. The Labute approximate surface area is 104 Å². The number of hydrogen-bond acceptors (Lipinski definition) is 1. The second-order valence-corrected chi connectivity index (χ2v) is 5.15. The molecule has 1 amide bonds. The molecule has 1 rings (SSSR count). The monoisotopic (exact) mass is 339 g/mol. The molecule has 0 radical (unpaired) electrons. The summed E-state index contributed by atoms with van der Waals surface area (Å²) in [5.41, 5.74) is 0.714. The van der Waals surface area contributed by atoms with Crippen LogP contribution >= 0.6 is 43.5 Å². The summed E-state index contributed by atoms with van der Waals surface area (Å²) in [6, 6.07) is 5.50. The molecule has 76 valence electrons. The average Bonchev–Trinajstić information content (AvgIpc) is 2.09. The van der Waals surface area contributed by atoms with Gasteiger partial charge in [0.25, 0.3) is 0 Å². The Morgan fingerprint density at radius 1 is 1.50 bits per heavy atom. The van der Waals surface area contributed by atoms with Crippen LogP contribution in [-0.2, 0) is 4.79 Å². The van der Waals surface area contributed by atoms with Crippen LogP contribution < -0.4 is 5.32 Å². The molecule has 5 heteroatoms. The van der Waals surface area contributed by atoms with Gasteiger partial charge in [-0.2, -0.15) is 0 Å². The van der Waals surface area contributed by atoms with Gasteiger partial charge in [-0.1, -0.05) is 15.9 Å². The first-order chi connectivity index (χ1) is 6.50. The van der Waals surface area contributed by atoms with Crippen LogP contribution in [0.1, 0.15) is 6.92 Å². The van der Waals surface area contributed by atoms with Gasteiger partial charge in [0.2, 0.25) is 5.91 Å². The first-order valence-corrected chi connectivity index (χ1v) is 5.93. The maximum Gasteiger partial charge on any atom is 0.242 e. The van der Waals surface area contributed by atoms with Gasteiger partial charge in [-0.05, 0) is 41.1 Å². The van der Waals surface area contributed by atoms with Crippen molar-refractivity contribution in [3.63, 3.8) is 0 Å². The van der Waals surface area contributed by atoms with E-state index >= 15 is 0 Å². The van der Waals surface area contributed by atoms with E-state index in [0.29, 0.717) is 5.69 Å². The Hall–Kier alpha value is -0.0600. The van der Waals surface area contributed by atoms with Crippen LogP contribution in [0.2, 0.25) is 0 Å². The van der Waals surface area contributed by atoms with Crippen molar-refractivity contribution in [2.45, 2.75) is 12.3 Å². The number of hydrogen-bond donors (Lipinski definition) is 1. The van der Waals surface area contributed by atoms with E-state index in [1.165, 1.54) is 0 Å². The molecule has 0 bridgehead atoms. The third kappa shape index (κ3) is 3.26. The summed E-state index contributed by atoms with van der Waals surface area (Å²) < 4.78 is 1.76. The molecule has 0 spiro atoms. The van der Waals surface area contributed by atoms with Crippen LogP contribution in [-0.4, -0.2) is 11.3 Å². The zero-order valence-corrected chi connectivity index (χ0v) is 11.3. The molecule has 0 heterocycles. The number of carbonyl (C=O) groups excluding carboxylic acids is 1. The lowest BCUT2D eigenvalue weighted by Gasteiger charge is -2.08. The summed E-state index contributed by atoms with van der Waals surface area (Å²) in [5, 5.41) is 2.16. The molecular weight excluding hydrogens is 333 g/mol. The number of benzene rings is 1. The highest BCUT2D eigenvalue weighted by atomic mass is 79.9. The Kier molecular flexibility index (Phi) is 4.41. The van der Waals surface area contributed by atoms with Crippen molar-refractivity contribution in [1.82, 2.24) is 0 Å². The Morgan fingerprint density at radius 2 is 2.14 bits per heavy atom. The van der Waals surface area contributed by atoms with Crippen molar-refractivity contribution in [2.24, 2.45) is 0 Å². The molecule has 14 heavy (non-hydrogen) atoms. The van der Waals surface area contributed by atoms with Gasteiger partial charge in [0.05, 0.1) is 5.69 Å². The van der Waals surface area contributed by atoms with Crippen molar-refractivity contribution in [1.29, 1.82) is 0 Å². The summed E-state index contributed by atoms with van der Waals surface area (Å²) >= 11 is 12.3. The van der Waals surface area contributed by atoms with E-state index in [0.717, 1.165) is 8.95 Å². The summed E-state index contributed by atoms with van der Waals surface area (Å²) in [6.07, 6.45) is 0. The van der Waals surface area contributed by atoms with Crippen molar-refractivity contribution in [2.75, 3.05) is 5.32 Å². The van der Waals surface area contributed by atoms with Gasteiger partial charge in [-0.3, -0.25) is 4.79 Å². The van der Waals surface area contributed by atoms with E-state index in [1.54, 1.807) is 13.0 Å². The van der Waals surface area contributed by atoms with Crippen LogP contribution in [0.25, 0.3) is 0 Å². The third-order valence-corrected chi connectivity index (χ3v) is 2.90. The van der Waals surface area contributed by atoms with Gasteiger partial charge in [0.15, 0.2) is 0 Å². The highest BCUT2D eigenvalue weighted by Gasteiger charge is 2.10. The normalized spacial score (nSPS) is 12.3. The van der Waals surface area contributed by atoms with Crippen LogP contribution in [0, 0.1) is 0 Å². The lowest BCUT2D eigenvalue weighted by molar-refractivity contribution is -0.115. The minimum absolute atomic E-state index is 0.213. The molecule has 1 aromatic carbocycles. The summed E-state index contributed by atoms with van der Waals surface area (Å²) in [7, 11) is 0. The molecule has 0 fully saturated rings. The van der Waals surface area contributed by atoms with E-state index in [2.05, 4.69) is 37.2 Å². The zero-order chi connectivity index (χ0) is 10.7. The Balaban J connectivity index is 2.82. The molecule has 0 aliphatic rings.